The number of nitrogens with one attached hydrogen (secondary N) is 1. The number of anilines is 1. The van der Waals surface area contributed by atoms with Gasteiger partial charge in [-0.3, -0.25) is 4.79 Å². The predicted octanol–water partition coefficient (Wildman–Crippen LogP) is 3.36. The molecule has 0 spiro atoms. The largest absolute Gasteiger partial charge is 0.399 e. The molecule has 1 aromatic rings. The third-order valence-corrected chi connectivity index (χ3v) is 4.23. The fourth-order valence-corrected chi connectivity index (χ4v) is 2.75. The van der Waals surface area contributed by atoms with Crippen LogP contribution >= 0.6 is 11.8 Å². The minimum absolute atomic E-state index is 0.0953. The summed E-state index contributed by atoms with van der Waals surface area (Å²) in [7, 11) is 0. The smallest absolute Gasteiger partial charge is 0.233 e. The lowest BCUT2D eigenvalue weighted by Gasteiger charge is -2.13. The lowest BCUT2D eigenvalue weighted by atomic mass is 10.2. The van der Waals surface area contributed by atoms with Gasteiger partial charge < -0.3 is 11.1 Å². The zero-order valence-electron chi connectivity index (χ0n) is 12.0. The van der Waals surface area contributed by atoms with Crippen LogP contribution in [0.1, 0.15) is 38.7 Å². The average molecular weight is 280 g/mol. The Balaban J connectivity index is 2.47. The van der Waals surface area contributed by atoms with E-state index in [0.717, 1.165) is 35.5 Å². The van der Waals surface area contributed by atoms with Crippen molar-refractivity contribution in [2.45, 2.75) is 50.2 Å². The molecule has 19 heavy (non-hydrogen) atoms. The molecule has 106 valence electrons. The molecule has 0 heterocycles. The molecular formula is C15H24N2OS. The number of benzene rings is 1. The number of hydrogen-bond acceptors (Lipinski definition) is 3. The first-order valence-electron chi connectivity index (χ1n) is 6.85. The van der Waals surface area contributed by atoms with Crippen molar-refractivity contribution in [3.8, 4) is 0 Å². The number of thioether (sulfide) groups is 1. The zero-order valence-corrected chi connectivity index (χ0v) is 12.8. The van der Waals surface area contributed by atoms with Gasteiger partial charge in [0.15, 0.2) is 0 Å². The zero-order chi connectivity index (χ0) is 14.3. The standard InChI is InChI=1S/C15H24N2OS/c1-4-5-6-9-17-15(18)12(3)19-14-10-13(16)8-7-11(14)2/h7-8,10,12H,4-6,9,16H2,1-3H3,(H,17,18). The van der Waals surface area contributed by atoms with Crippen LogP contribution in [0, 0.1) is 6.92 Å². The number of hydrogen-bond donors (Lipinski definition) is 2. The molecule has 1 rings (SSSR count). The minimum atomic E-state index is -0.0953. The molecule has 1 aromatic carbocycles. The maximum atomic E-state index is 11.9. The lowest BCUT2D eigenvalue weighted by Crippen LogP contribution is -2.31. The van der Waals surface area contributed by atoms with E-state index < -0.39 is 0 Å². The van der Waals surface area contributed by atoms with Crippen LogP contribution in [0.25, 0.3) is 0 Å². The number of amides is 1. The van der Waals surface area contributed by atoms with Crippen LogP contribution < -0.4 is 11.1 Å². The number of unbranched alkanes of at least 4 members (excludes halogenated alkanes) is 2. The average Bonchev–Trinajstić information content (AvgIpc) is 2.38. The second-order valence-corrected chi connectivity index (χ2v) is 6.17. The highest BCUT2D eigenvalue weighted by molar-refractivity contribution is 8.00. The molecule has 1 unspecified atom stereocenters. The van der Waals surface area contributed by atoms with Gasteiger partial charge in [-0.15, -0.1) is 11.8 Å². The monoisotopic (exact) mass is 280 g/mol. The van der Waals surface area contributed by atoms with Crippen molar-refractivity contribution >= 4 is 23.4 Å². The van der Waals surface area contributed by atoms with Crippen LogP contribution in [0.2, 0.25) is 0 Å². The summed E-state index contributed by atoms with van der Waals surface area (Å²) in [6, 6.07) is 5.80. The van der Waals surface area contributed by atoms with E-state index in [0.29, 0.717) is 0 Å². The molecule has 0 saturated carbocycles. The number of nitrogen functional groups attached to an aromatic ring is 1. The Bertz CT molecular complexity index is 421. The first-order chi connectivity index (χ1) is 9.04. The van der Waals surface area contributed by atoms with E-state index in [2.05, 4.69) is 12.2 Å². The summed E-state index contributed by atoms with van der Waals surface area (Å²) in [5.41, 5.74) is 7.68. The van der Waals surface area contributed by atoms with Gasteiger partial charge in [0.2, 0.25) is 5.91 Å². The van der Waals surface area contributed by atoms with E-state index in [4.69, 9.17) is 5.73 Å². The number of carbonyl (C=O) groups is 1. The fraction of sp³-hybridized carbons (Fsp3) is 0.533. The Morgan fingerprint density at radius 3 is 2.84 bits per heavy atom. The van der Waals surface area contributed by atoms with Crippen molar-refractivity contribution in [1.82, 2.24) is 5.32 Å². The van der Waals surface area contributed by atoms with Crippen LogP contribution in [0.4, 0.5) is 5.69 Å². The maximum Gasteiger partial charge on any atom is 0.233 e. The highest BCUT2D eigenvalue weighted by Crippen LogP contribution is 2.28. The summed E-state index contributed by atoms with van der Waals surface area (Å²) in [5, 5.41) is 2.89. The molecular weight excluding hydrogens is 256 g/mol. The van der Waals surface area contributed by atoms with Crippen LogP contribution in [0.15, 0.2) is 23.1 Å². The predicted molar refractivity (Wildman–Crippen MR) is 83.4 cm³/mol. The third kappa shape index (κ3) is 5.55. The van der Waals surface area contributed by atoms with Gasteiger partial charge in [0.1, 0.15) is 0 Å². The van der Waals surface area contributed by atoms with Gasteiger partial charge in [-0.25, -0.2) is 0 Å². The van der Waals surface area contributed by atoms with Crippen molar-refractivity contribution in [2.75, 3.05) is 12.3 Å². The van der Waals surface area contributed by atoms with Crippen molar-refractivity contribution in [2.24, 2.45) is 0 Å². The molecule has 0 radical (unpaired) electrons. The topological polar surface area (TPSA) is 55.1 Å². The van der Waals surface area contributed by atoms with Crippen molar-refractivity contribution in [3.05, 3.63) is 23.8 Å². The Hall–Kier alpha value is -1.16. The van der Waals surface area contributed by atoms with E-state index >= 15 is 0 Å². The molecule has 3 nitrogen and oxygen atoms in total. The Labute approximate surface area is 120 Å². The van der Waals surface area contributed by atoms with Gasteiger partial charge in [0, 0.05) is 17.1 Å². The summed E-state index contributed by atoms with van der Waals surface area (Å²) >= 11 is 1.56. The summed E-state index contributed by atoms with van der Waals surface area (Å²) in [4.78, 5) is 13.0. The van der Waals surface area contributed by atoms with Gasteiger partial charge in [-0.05, 0) is 38.0 Å². The van der Waals surface area contributed by atoms with E-state index in [-0.39, 0.29) is 11.2 Å². The molecule has 1 atom stereocenters. The Morgan fingerprint density at radius 1 is 1.42 bits per heavy atom. The van der Waals surface area contributed by atoms with Crippen molar-refractivity contribution in [1.29, 1.82) is 0 Å². The molecule has 0 aliphatic rings. The van der Waals surface area contributed by atoms with Gasteiger partial charge in [-0.1, -0.05) is 25.8 Å². The first kappa shape index (κ1) is 15.9. The quantitative estimate of drug-likeness (QED) is 0.457. The molecule has 0 aromatic heterocycles. The van der Waals surface area contributed by atoms with Gasteiger partial charge in [0.25, 0.3) is 0 Å². The molecule has 0 saturated heterocycles. The summed E-state index contributed by atoms with van der Waals surface area (Å²) in [5.74, 6) is 0.0999. The Morgan fingerprint density at radius 2 is 2.16 bits per heavy atom. The number of carbonyl (C=O) groups excluding carboxylic acids is 1. The fourth-order valence-electron chi connectivity index (χ4n) is 1.72. The van der Waals surface area contributed by atoms with Crippen molar-refractivity contribution < 1.29 is 4.79 Å². The minimum Gasteiger partial charge on any atom is -0.399 e. The van der Waals surface area contributed by atoms with E-state index in [1.165, 1.54) is 6.42 Å². The SMILES string of the molecule is CCCCCNC(=O)C(C)Sc1cc(N)ccc1C. The maximum absolute atomic E-state index is 11.9. The van der Waals surface area contributed by atoms with Gasteiger partial charge in [0.05, 0.1) is 5.25 Å². The molecule has 0 aliphatic heterocycles. The molecule has 1 amide bonds. The summed E-state index contributed by atoms with van der Waals surface area (Å²) in [6.07, 6.45) is 3.38. The van der Waals surface area contributed by atoms with Crippen LogP contribution in [0.3, 0.4) is 0 Å². The molecule has 3 N–H and O–H groups in total. The van der Waals surface area contributed by atoms with Gasteiger partial charge in [-0.2, -0.15) is 0 Å². The molecule has 0 fully saturated rings. The molecule has 4 heteroatoms. The lowest BCUT2D eigenvalue weighted by molar-refractivity contribution is -0.120. The first-order valence-corrected chi connectivity index (χ1v) is 7.73. The normalized spacial score (nSPS) is 12.2. The second kappa shape index (κ2) is 8.10. The van der Waals surface area contributed by atoms with Crippen molar-refractivity contribution in [3.63, 3.8) is 0 Å². The number of nitrogens with two attached hydrogens (primary N) is 1. The number of rotatable bonds is 7. The highest BCUT2D eigenvalue weighted by Gasteiger charge is 2.14. The van der Waals surface area contributed by atoms with E-state index in [9.17, 15) is 4.79 Å². The van der Waals surface area contributed by atoms with Crippen LogP contribution in [-0.4, -0.2) is 17.7 Å². The highest BCUT2D eigenvalue weighted by atomic mass is 32.2. The summed E-state index contributed by atoms with van der Waals surface area (Å²) in [6.45, 7) is 6.90. The van der Waals surface area contributed by atoms with E-state index in [1.807, 2.05) is 32.0 Å². The summed E-state index contributed by atoms with van der Waals surface area (Å²) < 4.78 is 0. The Kier molecular flexibility index (Phi) is 6.78. The van der Waals surface area contributed by atoms with Crippen LogP contribution in [-0.2, 0) is 4.79 Å². The number of aryl methyl sites for hydroxylation is 1. The molecule has 0 aliphatic carbocycles. The van der Waals surface area contributed by atoms with Gasteiger partial charge >= 0.3 is 0 Å². The second-order valence-electron chi connectivity index (χ2n) is 4.78. The van der Waals surface area contributed by atoms with Crippen LogP contribution in [0.5, 0.6) is 0 Å². The third-order valence-electron chi connectivity index (χ3n) is 2.96. The van der Waals surface area contributed by atoms with E-state index in [1.54, 1.807) is 11.8 Å². The molecule has 0 bridgehead atoms.